The number of anilines is 1. The van der Waals surface area contributed by atoms with Crippen molar-refractivity contribution in [3.05, 3.63) is 29.8 Å². The van der Waals surface area contributed by atoms with Crippen LogP contribution in [-0.4, -0.2) is 37.6 Å². The van der Waals surface area contributed by atoms with Crippen molar-refractivity contribution in [1.29, 1.82) is 0 Å². The third kappa shape index (κ3) is 3.33. The molecule has 3 heteroatoms. The SMILES string of the molecule is CCC(N)c1ccccc1N1CCCN(C)CC1CC. The zero-order valence-corrected chi connectivity index (χ0v) is 13.2. The molecule has 1 fully saturated rings. The van der Waals surface area contributed by atoms with E-state index in [0.29, 0.717) is 6.04 Å². The van der Waals surface area contributed by atoms with E-state index in [9.17, 15) is 0 Å². The van der Waals surface area contributed by atoms with Crippen molar-refractivity contribution in [2.75, 3.05) is 31.6 Å². The Balaban J connectivity index is 2.32. The van der Waals surface area contributed by atoms with Crippen LogP contribution in [0.25, 0.3) is 0 Å². The number of nitrogens with two attached hydrogens (primary N) is 1. The predicted octanol–water partition coefficient (Wildman–Crippen LogP) is 3.02. The average Bonchev–Trinajstić information content (AvgIpc) is 2.67. The van der Waals surface area contributed by atoms with Gasteiger partial charge in [-0.2, -0.15) is 0 Å². The van der Waals surface area contributed by atoms with Gasteiger partial charge in [0.25, 0.3) is 0 Å². The van der Waals surface area contributed by atoms with E-state index in [-0.39, 0.29) is 6.04 Å². The summed E-state index contributed by atoms with van der Waals surface area (Å²) in [6.45, 7) is 7.92. The maximum atomic E-state index is 6.32. The fourth-order valence-corrected chi connectivity index (χ4v) is 3.19. The van der Waals surface area contributed by atoms with Crippen molar-refractivity contribution >= 4 is 5.69 Å². The van der Waals surface area contributed by atoms with Gasteiger partial charge in [0.15, 0.2) is 0 Å². The second kappa shape index (κ2) is 7.09. The molecular formula is C17H29N3. The summed E-state index contributed by atoms with van der Waals surface area (Å²) in [4.78, 5) is 5.05. The molecule has 1 heterocycles. The molecule has 1 aromatic rings. The van der Waals surface area contributed by atoms with Crippen molar-refractivity contribution in [2.24, 2.45) is 5.73 Å². The number of rotatable bonds is 4. The highest BCUT2D eigenvalue weighted by atomic mass is 15.2. The Kier molecular flexibility index (Phi) is 5.44. The van der Waals surface area contributed by atoms with Crippen molar-refractivity contribution < 1.29 is 0 Å². The monoisotopic (exact) mass is 275 g/mol. The molecule has 0 radical (unpaired) electrons. The minimum absolute atomic E-state index is 0.143. The van der Waals surface area contributed by atoms with E-state index in [1.54, 1.807) is 0 Å². The minimum atomic E-state index is 0.143. The average molecular weight is 275 g/mol. The lowest BCUT2D eigenvalue weighted by atomic mass is 10.0. The summed E-state index contributed by atoms with van der Waals surface area (Å²) in [6, 6.07) is 9.43. The van der Waals surface area contributed by atoms with Gasteiger partial charge in [-0.15, -0.1) is 0 Å². The quantitative estimate of drug-likeness (QED) is 0.917. The molecule has 2 N–H and O–H groups in total. The third-order valence-electron chi connectivity index (χ3n) is 4.46. The molecule has 3 nitrogen and oxygen atoms in total. The van der Waals surface area contributed by atoms with Gasteiger partial charge < -0.3 is 15.5 Å². The maximum Gasteiger partial charge on any atom is 0.0417 e. The highest BCUT2D eigenvalue weighted by Crippen LogP contribution is 2.30. The lowest BCUT2D eigenvalue weighted by Crippen LogP contribution is -2.40. The van der Waals surface area contributed by atoms with Crippen LogP contribution < -0.4 is 10.6 Å². The molecule has 1 aliphatic heterocycles. The van der Waals surface area contributed by atoms with E-state index in [2.05, 4.69) is 55.0 Å². The van der Waals surface area contributed by atoms with Gasteiger partial charge in [-0.05, 0) is 44.5 Å². The topological polar surface area (TPSA) is 32.5 Å². The standard InChI is InChI=1S/C17H29N3/c1-4-14-13-19(3)11-8-12-20(14)17-10-7-6-9-15(17)16(18)5-2/h6-7,9-10,14,16H,4-5,8,11-13,18H2,1-3H3. The van der Waals surface area contributed by atoms with Crippen LogP contribution in [-0.2, 0) is 0 Å². The number of benzene rings is 1. The van der Waals surface area contributed by atoms with Crippen LogP contribution in [0.15, 0.2) is 24.3 Å². The second-order valence-corrected chi connectivity index (χ2v) is 5.94. The summed E-state index contributed by atoms with van der Waals surface area (Å²) in [5, 5.41) is 0. The molecule has 0 spiro atoms. The molecule has 0 aromatic heterocycles. The maximum absolute atomic E-state index is 6.32. The van der Waals surface area contributed by atoms with E-state index in [0.717, 1.165) is 19.5 Å². The van der Waals surface area contributed by atoms with Crippen LogP contribution in [0.1, 0.15) is 44.7 Å². The summed E-state index contributed by atoms with van der Waals surface area (Å²) < 4.78 is 0. The van der Waals surface area contributed by atoms with Crippen LogP contribution in [0.2, 0.25) is 0 Å². The van der Waals surface area contributed by atoms with Gasteiger partial charge in [0.05, 0.1) is 0 Å². The first kappa shape index (κ1) is 15.3. The van der Waals surface area contributed by atoms with E-state index >= 15 is 0 Å². The molecule has 1 aliphatic rings. The van der Waals surface area contributed by atoms with Crippen LogP contribution in [0.4, 0.5) is 5.69 Å². The molecule has 0 saturated carbocycles. The summed E-state index contributed by atoms with van der Waals surface area (Å²) >= 11 is 0. The Morgan fingerprint density at radius 2 is 2.00 bits per heavy atom. The minimum Gasteiger partial charge on any atom is -0.367 e. The highest BCUT2D eigenvalue weighted by Gasteiger charge is 2.24. The number of hydrogen-bond donors (Lipinski definition) is 1. The fourth-order valence-electron chi connectivity index (χ4n) is 3.19. The summed E-state index contributed by atoms with van der Waals surface area (Å²) in [7, 11) is 2.23. The Bertz CT molecular complexity index is 418. The molecule has 2 atom stereocenters. The third-order valence-corrected chi connectivity index (χ3v) is 4.46. The molecule has 20 heavy (non-hydrogen) atoms. The molecule has 2 unspecified atom stereocenters. The molecular weight excluding hydrogens is 246 g/mol. The van der Waals surface area contributed by atoms with Gasteiger partial charge in [-0.25, -0.2) is 0 Å². The van der Waals surface area contributed by atoms with Crippen LogP contribution in [0.3, 0.4) is 0 Å². The summed E-state index contributed by atoms with van der Waals surface area (Å²) in [6.07, 6.45) is 3.39. The summed E-state index contributed by atoms with van der Waals surface area (Å²) in [5.41, 5.74) is 8.97. The Labute approximate surface area is 123 Å². The number of likely N-dealkylation sites (N-methyl/N-ethyl adjacent to an activating group) is 1. The van der Waals surface area contributed by atoms with Gasteiger partial charge in [0, 0.05) is 30.9 Å². The van der Waals surface area contributed by atoms with Gasteiger partial charge in [-0.3, -0.25) is 0 Å². The first-order chi connectivity index (χ1) is 9.67. The van der Waals surface area contributed by atoms with Crippen LogP contribution >= 0.6 is 0 Å². The fraction of sp³-hybridized carbons (Fsp3) is 0.647. The summed E-state index contributed by atoms with van der Waals surface area (Å²) in [5.74, 6) is 0. The Morgan fingerprint density at radius 1 is 1.25 bits per heavy atom. The van der Waals surface area contributed by atoms with Crippen molar-refractivity contribution in [2.45, 2.75) is 45.2 Å². The molecule has 2 rings (SSSR count). The Morgan fingerprint density at radius 3 is 2.70 bits per heavy atom. The van der Waals surface area contributed by atoms with E-state index in [4.69, 9.17) is 5.73 Å². The number of nitrogens with zero attached hydrogens (tertiary/aromatic N) is 2. The van der Waals surface area contributed by atoms with Gasteiger partial charge in [-0.1, -0.05) is 32.0 Å². The smallest absolute Gasteiger partial charge is 0.0417 e. The normalized spacial score (nSPS) is 22.6. The largest absolute Gasteiger partial charge is 0.367 e. The predicted molar refractivity (Wildman–Crippen MR) is 87.2 cm³/mol. The molecule has 112 valence electrons. The van der Waals surface area contributed by atoms with Crippen LogP contribution in [0, 0.1) is 0 Å². The molecule has 0 amide bonds. The Hall–Kier alpha value is -1.06. The molecule has 0 bridgehead atoms. The van der Waals surface area contributed by atoms with Gasteiger partial charge in [0.2, 0.25) is 0 Å². The van der Waals surface area contributed by atoms with Crippen molar-refractivity contribution in [3.63, 3.8) is 0 Å². The highest BCUT2D eigenvalue weighted by molar-refractivity contribution is 5.56. The number of hydrogen-bond acceptors (Lipinski definition) is 3. The lowest BCUT2D eigenvalue weighted by Gasteiger charge is -2.34. The molecule has 1 saturated heterocycles. The van der Waals surface area contributed by atoms with Gasteiger partial charge >= 0.3 is 0 Å². The first-order valence-corrected chi connectivity index (χ1v) is 7.97. The van der Waals surface area contributed by atoms with E-state index in [1.165, 1.54) is 30.6 Å². The van der Waals surface area contributed by atoms with Crippen molar-refractivity contribution in [3.8, 4) is 0 Å². The van der Waals surface area contributed by atoms with Crippen molar-refractivity contribution in [1.82, 2.24) is 4.90 Å². The lowest BCUT2D eigenvalue weighted by molar-refractivity contribution is 0.328. The first-order valence-electron chi connectivity index (χ1n) is 7.97. The van der Waals surface area contributed by atoms with Crippen LogP contribution in [0.5, 0.6) is 0 Å². The van der Waals surface area contributed by atoms with E-state index in [1.807, 2.05) is 0 Å². The molecule has 0 aliphatic carbocycles. The molecule has 1 aromatic carbocycles. The zero-order valence-electron chi connectivity index (χ0n) is 13.2. The number of para-hydroxylation sites is 1. The van der Waals surface area contributed by atoms with Gasteiger partial charge in [0.1, 0.15) is 0 Å². The van der Waals surface area contributed by atoms with E-state index < -0.39 is 0 Å². The zero-order chi connectivity index (χ0) is 14.5. The second-order valence-electron chi connectivity index (χ2n) is 5.94.